The molecule has 3 heterocycles. The van der Waals surface area contributed by atoms with Crippen molar-refractivity contribution in [3.05, 3.63) is 83.1 Å². The van der Waals surface area contributed by atoms with Gasteiger partial charge < -0.3 is 20.5 Å². The molecule has 3 N–H and O–H groups in total. The molecule has 44 heavy (non-hydrogen) atoms. The Kier molecular flexibility index (Phi) is 8.66. The highest BCUT2D eigenvalue weighted by Gasteiger charge is 2.54. The van der Waals surface area contributed by atoms with Crippen LogP contribution in [0.4, 0.5) is 9.59 Å². The highest BCUT2D eigenvalue weighted by molar-refractivity contribution is 8.00. The summed E-state index contributed by atoms with van der Waals surface area (Å²) < 4.78 is 4.93. The third-order valence-electron chi connectivity index (χ3n) is 7.18. The fourth-order valence-corrected chi connectivity index (χ4v) is 6.34. The van der Waals surface area contributed by atoms with Crippen molar-refractivity contribution in [2.24, 2.45) is 0 Å². The van der Waals surface area contributed by atoms with Gasteiger partial charge in [-0.2, -0.15) is 0 Å². The van der Waals surface area contributed by atoms with Gasteiger partial charge in [-0.1, -0.05) is 48.5 Å². The van der Waals surface area contributed by atoms with Gasteiger partial charge in [-0.15, -0.1) is 11.8 Å². The predicted molar refractivity (Wildman–Crippen MR) is 154 cm³/mol. The van der Waals surface area contributed by atoms with Crippen LogP contribution in [0.1, 0.15) is 28.9 Å². The van der Waals surface area contributed by atoms with E-state index in [0.29, 0.717) is 5.56 Å². The summed E-state index contributed by atoms with van der Waals surface area (Å²) in [6.45, 7) is 0.763. The van der Waals surface area contributed by atoms with E-state index in [2.05, 4.69) is 10.6 Å². The average Bonchev–Trinajstić information content (AvgIpc) is 3.42. The molecule has 2 aromatic rings. The number of ether oxygens (including phenoxy) is 1. The third-order valence-corrected chi connectivity index (χ3v) is 8.52. The van der Waals surface area contributed by atoms with Crippen molar-refractivity contribution in [1.82, 2.24) is 25.3 Å². The summed E-state index contributed by atoms with van der Waals surface area (Å²) in [5, 5.41) is 14.2. The topological polar surface area (TPSA) is 183 Å². The van der Waals surface area contributed by atoms with Crippen LogP contribution >= 0.6 is 11.8 Å². The number of amides is 7. The van der Waals surface area contributed by atoms with Gasteiger partial charge in [0.05, 0.1) is 6.54 Å². The molecule has 0 aliphatic carbocycles. The van der Waals surface area contributed by atoms with E-state index in [-0.39, 0.29) is 42.3 Å². The molecule has 3 atom stereocenters. The maximum absolute atomic E-state index is 13.6. The number of β-lactam (4-membered cyclic amide) rings is 1. The molecule has 2 saturated heterocycles. The second-order valence-electron chi connectivity index (χ2n) is 9.98. The zero-order valence-electron chi connectivity index (χ0n) is 23.3. The first-order valence-electron chi connectivity index (χ1n) is 13.5. The molecule has 2 fully saturated rings. The fraction of sp³-hybridized carbons (Fsp3) is 0.276. The quantitative estimate of drug-likeness (QED) is 0.287. The predicted octanol–water partition coefficient (Wildman–Crippen LogP) is 1.32. The van der Waals surface area contributed by atoms with Gasteiger partial charge in [-0.05, 0) is 17.7 Å². The number of imide groups is 2. The van der Waals surface area contributed by atoms with Crippen LogP contribution in [0.5, 0.6) is 0 Å². The summed E-state index contributed by atoms with van der Waals surface area (Å²) >= 11 is 1.19. The van der Waals surface area contributed by atoms with E-state index in [9.17, 15) is 38.7 Å². The SMILES string of the molecule is CC(=O)OCC1=C(C(=O)O)N2C(=O)C(NC(=O)C(NC(=O)N3CCN(C(=O)c4ccccc4)C3=O)c3ccccc3)[C@@H]2SC1. The number of nitrogens with one attached hydrogen (secondary N) is 2. The number of esters is 1. The van der Waals surface area contributed by atoms with E-state index in [0.717, 1.165) is 14.7 Å². The fourth-order valence-electron chi connectivity index (χ4n) is 5.02. The van der Waals surface area contributed by atoms with Crippen LogP contribution < -0.4 is 10.6 Å². The molecule has 0 saturated carbocycles. The van der Waals surface area contributed by atoms with Gasteiger partial charge in [0.2, 0.25) is 5.91 Å². The maximum Gasteiger partial charge on any atom is 0.352 e. The van der Waals surface area contributed by atoms with E-state index in [4.69, 9.17) is 4.74 Å². The van der Waals surface area contributed by atoms with Gasteiger partial charge in [0.1, 0.15) is 29.8 Å². The summed E-state index contributed by atoms with van der Waals surface area (Å²) in [4.78, 5) is 91.8. The molecule has 228 valence electrons. The number of hydrogen-bond acceptors (Lipinski definition) is 9. The van der Waals surface area contributed by atoms with E-state index >= 15 is 0 Å². The van der Waals surface area contributed by atoms with Crippen LogP contribution in [0.3, 0.4) is 0 Å². The second-order valence-corrected chi connectivity index (χ2v) is 11.1. The van der Waals surface area contributed by atoms with Gasteiger partial charge in [-0.25, -0.2) is 19.3 Å². The van der Waals surface area contributed by atoms with Gasteiger partial charge in [0.15, 0.2) is 0 Å². The molecular weight excluding hydrogens is 594 g/mol. The Morgan fingerprint density at radius 2 is 1.61 bits per heavy atom. The minimum Gasteiger partial charge on any atom is -0.477 e. The van der Waals surface area contributed by atoms with Crippen molar-refractivity contribution in [3.63, 3.8) is 0 Å². The van der Waals surface area contributed by atoms with Crippen molar-refractivity contribution in [2.45, 2.75) is 24.4 Å². The zero-order chi connectivity index (χ0) is 31.5. The molecule has 2 aromatic carbocycles. The summed E-state index contributed by atoms with van der Waals surface area (Å²) in [6.07, 6.45) is 0. The molecule has 15 heteroatoms. The van der Waals surface area contributed by atoms with Crippen molar-refractivity contribution < 1.29 is 43.4 Å². The molecule has 5 rings (SSSR count). The van der Waals surface area contributed by atoms with Gasteiger partial charge in [-0.3, -0.25) is 29.0 Å². The van der Waals surface area contributed by atoms with Crippen molar-refractivity contribution in [3.8, 4) is 0 Å². The van der Waals surface area contributed by atoms with Crippen molar-refractivity contribution >= 4 is 53.5 Å². The smallest absolute Gasteiger partial charge is 0.352 e. The van der Waals surface area contributed by atoms with Gasteiger partial charge in [0, 0.05) is 30.4 Å². The van der Waals surface area contributed by atoms with Gasteiger partial charge in [0.25, 0.3) is 11.8 Å². The summed E-state index contributed by atoms with van der Waals surface area (Å²) in [6, 6.07) is 12.1. The van der Waals surface area contributed by atoms with E-state index < -0.39 is 59.2 Å². The largest absolute Gasteiger partial charge is 0.477 e. The first kappa shape index (κ1) is 30.3. The van der Waals surface area contributed by atoms with Gasteiger partial charge >= 0.3 is 24.0 Å². The Morgan fingerprint density at radius 3 is 2.25 bits per heavy atom. The third kappa shape index (κ3) is 5.86. The average molecular weight is 622 g/mol. The first-order chi connectivity index (χ1) is 21.1. The molecule has 0 bridgehead atoms. The number of carboxylic acid groups (broad SMARTS) is 1. The normalized spacial score (nSPS) is 20.0. The lowest BCUT2D eigenvalue weighted by atomic mass is 10.0. The number of rotatable bonds is 8. The molecule has 14 nitrogen and oxygen atoms in total. The number of benzene rings is 2. The molecule has 0 spiro atoms. The van der Waals surface area contributed by atoms with Crippen LogP contribution in [0.15, 0.2) is 71.9 Å². The minimum absolute atomic E-state index is 0.0353. The lowest BCUT2D eigenvalue weighted by Crippen LogP contribution is -2.71. The lowest BCUT2D eigenvalue weighted by molar-refractivity contribution is -0.151. The Balaban J connectivity index is 1.29. The van der Waals surface area contributed by atoms with Crippen LogP contribution in [0.25, 0.3) is 0 Å². The molecule has 3 aliphatic rings. The summed E-state index contributed by atoms with van der Waals surface area (Å²) in [7, 11) is 0. The number of thioether (sulfide) groups is 1. The monoisotopic (exact) mass is 621 g/mol. The van der Waals surface area contributed by atoms with Crippen LogP contribution in [-0.2, 0) is 23.9 Å². The second kappa shape index (κ2) is 12.6. The first-order valence-corrected chi connectivity index (χ1v) is 14.5. The van der Waals surface area contributed by atoms with E-state index in [1.54, 1.807) is 60.7 Å². The summed E-state index contributed by atoms with van der Waals surface area (Å²) in [5.41, 5.74) is 0.581. The zero-order valence-corrected chi connectivity index (χ0v) is 24.1. The van der Waals surface area contributed by atoms with Crippen molar-refractivity contribution in [1.29, 1.82) is 0 Å². The minimum atomic E-state index is -1.37. The number of aliphatic carboxylic acids is 1. The number of carboxylic acids is 1. The standard InChI is InChI=1S/C29H27N5O9S/c1-16(35)43-14-19-15-44-26-21(25(38)34(26)22(19)27(39)40)30-23(36)20(17-8-4-2-5-9-17)31-28(41)33-13-12-32(29(33)42)24(37)18-10-6-3-7-11-18/h2-11,20-21,26H,12-15H2,1H3,(H,30,36)(H,31,41)(H,39,40)/t20?,21?,26-/m0/s1. The van der Waals surface area contributed by atoms with Crippen LogP contribution in [-0.4, -0.2) is 98.4 Å². The Hall–Kier alpha value is -5.18. The molecular formula is C29H27N5O9S. The van der Waals surface area contributed by atoms with E-state index in [1.807, 2.05) is 0 Å². The summed E-state index contributed by atoms with van der Waals surface area (Å²) in [5.74, 6) is -3.85. The highest BCUT2D eigenvalue weighted by atomic mass is 32.2. The van der Waals surface area contributed by atoms with Crippen LogP contribution in [0, 0.1) is 0 Å². The molecule has 2 unspecified atom stereocenters. The van der Waals surface area contributed by atoms with Crippen molar-refractivity contribution in [2.75, 3.05) is 25.4 Å². The number of carbonyl (C=O) groups excluding carboxylic acids is 6. The molecule has 0 radical (unpaired) electrons. The lowest BCUT2D eigenvalue weighted by Gasteiger charge is -2.49. The Labute approximate surface area is 255 Å². The Morgan fingerprint density at radius 1 is 0.977 bits per heavy atom. The molecule has 0 aromatic heterocycles. The number of fused-ring (bicyclic) bond motifs is 1. The Bertz CT molecular complexity index is 1570. The number of urea groups is 2. The van der Waals surface area contributed by atoms with E-state index in [1.165, 1.54) is 18.7 Å². The molecule has 3 aliphatic heterocycles. The van der Waals surface area contributed by atoms with Crippen LogP contribution in [0.2, 0.25) is 0 Å². The highest BCUT2D eigenvalue weighted by Crippen LogP contribution is 2.40. The number of nitrogens with zero attached hydrogens (tertiary/aromatic N) is 3. The number of hydrogen-bond donors (Lipinski definition) is 3. The molecule has 7 amide bonds. The maximum atomic E-state index is 13.6. The number of carbonyl (C=O) groups is 7.